The van der Waals surface area contributed by atoms with E-state index in [0.29, 0.717) is 18.4 Å². The Kier molecular flexibility index (Phi) is 4.91. The fraction of sp³-hybridized carbons (Fsp3) is 0.263. The van der Waals surface area contributed by atoms with E-state index in [9.17, 15) is 14.7 Å². The lowest BCUT2D eigenvalue weighted by Gasteiger charge is -2.18. The van der Waals surface area contributed by atoms with Crippen LogP contribution >= 0.6 is 0 Å². The lowest BCUT2D eigenvalue weighted by molar-refractivity contribution is -0.128. The number of hydrogen-bond donors (Lipinski definition) is 2. The van der Waals surface area contributed by atoms with Gasteiger partial charge in [0.05, 0.1) is 12.6 Å². The maximum Gasteiger partial charge on any atom is 0.324 e. The molecule has 1 heterocycles. The molecule has 3 rings (SSSR count). The third-order valence-electron chi connectivity index (χ3n) is 4.21. The molecule has 1 saturated heterocycles. The summed E-state index contributed by atoms with van der Waals surface area (Å²) in [5, 5.41) is 12.9. The van der Waals surface area contributed by atoms with Crippen molar-refractivity contribution in [2.45, 2.75) is 25.0 Å². The van der Waals surface area contributed by atoms with Gasteiger partial charge in [0.1, 0.15) is 6.04 Å². The molecule has 5 heteroatoms. The molecule has 0 saturated carbocycles. The van der Waals surface area contributed by atoms with Crippen LogP contribution in [0.5, 0.6) is 0 Å². The molecular formula is C19H20N2O3. The largest absolute Gasteiger partial charge is 0.387 e. The van der Waals surface area contributed by atoms with Gasteiger partial charge in [-0.15, -0.1) is 0 Å². The summed E-state index contributed by atoms with van der Waals surface area (Å²) < 4.78 is 0. The predicted octanol–water partition coefficient (Wildman–Crippen LogP) is 2.27. The number of β-amino-alcohol motifs (C(OH)–C–C–N with tert-alkyl or cyclic N) is 1. The molecule has 0 aliphatic carbocycles. The number of aliphatic hydroxyl groups is 1. The molecule has 0 spiro atoms. The monoisotopic (exact) mass is 324 g/mol. The maximum atomic E-state index is 12.4. The topological polar surface area (TPSA) is 69.6 Å². The van der Waals surface area contributed by atoms with Crippen molar-refractivity contribution in [3.8, 4) is 0 Å². The van der Waals surface area contributed by atoms with E-state index < -0.39 is 18.2 Å². The van der Waals surface area contributed by atoms with Gasteiger partial charge in [-0.1, -0.05) is 60.7 Å². The number of hydrogen-bond acceptors (Lipinski definition) is 3. The van der Waals surface area contributed by atoms with Crippen molar-refractivity contribution < 1.29 is 14.7 Å². The number of nitrogens with zero attached hydrogens (tertiary/aromatic N) is 1. The lowest BCUT2D eigenvalue weighted by Crippen LogP contribution is -2.35. The van der Waals surface area contributed by atoms with E-state index in [1.54, 1.807) is 12.1 Å². The van der Waals surface area contributed by atoms with Gasteiger partial charge in [0.15, 0.2) is 0 Å². The maximum absolute atomic E-state index is 12.4. The number of aryl methyl sites for hydroxylation is 1. The molecule has 2 atom stereocenters. The van der Waals surface area contributed by atoms with Gasteiger partial charge in [0.2, 0.25) is 0 Å². The first-order chi connectivity index (χ1) is 11.6. The van der Waals surface area contributed by atoms with Crippen LogP contribution in [0.2, 0.25) is 0 Å². The van der Waals surface area contributed by atoms with Crippen LogP contribution in [-0.2, 0) is 11.2 Å². The van der Waals surface area contributed by atoms with Crippen LogP contribution in [0.25, 0.3) is 0 Å². The Morgan fingerprint density at radius 3 is 2.29 bits per heavy atom. The van der Waals surface area contributed by atoms with Gasteiger partial charge in [0.25, 0.3) is 5.91 Å². The minimum Gasteiger partial charge on any atom is -0.387 e. The smallest absolute Gasteiger partial charge is 0.324 e. The Morgan fingerprint density at radius 2 is 1.62 bits per heavy atom. The zero-order chi connectivity index (χ0) is 16.9. The fourth-order valence-electron chi connectivity index (χ4n) is 2.85. The second kappa shape index (κ2) is 7.27. The molecule has 3 amide bonds. The molecule has 1 aliphatic rings. The van der Waals surface area contributed by atoms with Crippen LogP contribution in [0.1, 0.15) is 23.7 Å². The third-order valence-corrected chi connectivity index (χ3v) is 4.21. The normalized spacial score (nSPS) is 18.5. The van der Waals surface area contributed by atoms with Crippen LogP contribution in [0.15, 0.2) is 60.7 Å². The Balaban J connectivity index is 1.59. The van der Waals surface area contributed by atoms with Crippen molar-refractivity contribution in [3.05, 3.63) is 71.8 Å². The highest BCUT2D eigenvalue weighted by Crippen LogP contribution is 2.18. The van der Waals surface area contributed by atoms with Crippen LogP contribution in [0, 0.1) is 0 Å². The van der Waals surface area contributed by atoms with E-state index in [1.807, 2.05) is 48.5 Å². The van der Waals surface area contributed by atoms with E-state index in [2.05, 4.69) is 5.32 Å². The number of aliphatic hydroxyl groups excluding tert-OH is 1. The van der Waals surface area contributed by atoms with Crippen molar-refractivity contribution in [1.29, 1.82) is 0 Å². The van der Waals surface area contributed by atoms with Crippen molar-refractivity contribution in [3.63, 3.8) is 0 Å². The minimum atomic E-state index is -0.881. The van der Waals surface area contributed by atoms with E-state index >= 15 is 0 Å². The molecular weight excluding hydrogens is 304 g/mol. The molecule has 0 aromatic heterocycles. The highest BCUT2D eigenvalue weighted by atomic mass is 16.3. The summed E-state index contributed by atoms with van der Waals surface area (Å²) >= 11 is 0. The number of benzene rings is 2. The summed E-state index contributed by atoms with van der Waals surface area (Å²) in [7, 11) is 0. The van der Waals surface area contributed by atoms with Crippen LogP contribution in [0.4, 0.5) is 4.79 Å². The Bertz CT molecular complexity index is 703. The summed E-state index contributed by atoms with van der Waals surface area (Å²) in [5.74, 6) is -0.272. The number of imide groups is 1. The predicted molar refractivity (Wildman–Crippen MR) is 90.2 cm³/mol. The lowest BCUT2D eigenvalue weighted by atomic mass is 10.1. The first kappa shape index (κ1) is 16.2. The highest BCUT2D eigenvalue weighted by molar-refractivity contribution is 6.04. The Morgan fingerprint density at radius 1 is 1.00 bits per heavy atom. The number of carbonyl (C=O) groups excluding carboxylic acids is 2. The molecule has 0 unspecified atom stereocenters. The summed E-state index contributed by atoms with van der Waals surface area (Å²) in [6.45, 7) is -0.0312. The first-order valence-electron chi connectivity index (χ1n) is 8.04. The first-order valence-corrected chi connectivity index (χ1v) is 8.04. The summed E-state index contributed by atoms with van der Waals surface area (Å²) in [6.07, 6.45) is 0.382. The average Bonchev–Trinajstić information content (AvgIpc) is 2.89. The van der Waals surface area contributed by atoms with Gasteiger partial charge in [-0.3, -0.25) is 9.69 Å². The summed E-state index contributed by atoms with van der Waals surface area (Å²) in [6, 6.07) is 17.9. The molecule has 2 N–H and O–H groups in total. The summed E-state index contributed by atoms with van der Waals surface area (Å²) in [4.78, 5) is 25.6. The number of urea groups is 1. The minimum absolute atomic E-state index is 0.0312. The number of rotatable bonds is 6. The van der Waals surface area contributed by atoms with Gasteiger partial charge in [-0.05, 0) is 24.0 Å². The van der Waals surface area contributed by atoms with Gasteiger partial charge in [-0.2, -0.15) is 0 Å². The van der Waals surface area contributed by atoms with Crippen molar-refractivity contribution >= 4 is 11.9 Å². The van der Waals surface area contributed by atoms with E-state index in [1.165, 1.54) is 0 Å². The SMILES string of the molecule is O=C1N[C@H](CCc2ccccc2)C(=O)N1C[C@@H](O)c1ccccc1. The molecule has 5 nitrogen and oxygen atoms in total. The second-order valence-corrected chi connectivity index (χ2v) is 5.90. The number of carbonyl (C=O) groups is 2. The van der Waals surface area contributed by atoms with Crippen LogP contribution in [-0.4, -0.2) is 34.5 Å². The molecule has 24 heavy (non-hydrogen) atoms. The Labute approximate surface area is 140 Å². The quantitative estimate of drug-likeness (QED) is 0.801. The standard InChI is InChI=1S/C19H20N2O3/c22-17(15-9-5-2-6-10-15)13-21-18(23)16(20-19(21)24)12-11-14-7-3-1-4-8-14/h1-10,16-17,22H,11-13H2,(H,20,24)/t16-,17-/m1/s1. The third kappa shape index (κ3) is 3.63. The molecule has 2 aromatic rings. The highest BCUT2D eigenvalue weighted by Gasteiger charge is 2.38. The molecule has 0 bridgehead atoms. The number of nitrogens with one attached hydrogen (secondary N) is 1. The second-order valence-electron chi connectivity index (χ2n) is 5.90. The van der Waals surface area contributed by atoms with Crippen LogP contribution < -0.4 is 5.32 Å². The zero-order valence-corrected chi connectivity index (χ0v) is 13.3. The molecule has 1 fully saturated rings. The van der Waals surface area contributed by atoms with Crippen molar-refractivity contribution in [1.82, 2.24) is 10.2 Å². The zero-order valence-electron chi connectivity index (χ0n) is 13.3. The van der Waals surface area contributed by atoms with E-state index in [4.69, 9.17) is 0 Å². The van der Waals surface area contributed by atoms with E-state index in [0.717, 1.165) is 10.5 Å². The van der Waals surface area contributed by atoms with Gasteiger partial charge >= 0.3 is 6.03 Å². The Hall–Kier alpha value is -2.66. The molecule has 0 radical (unpaired) electrons. The number of amides is 3. The molecule has 124 valence electrons. The van der Waals surface area contributed by atoms with Gasteiger partial charge in [0, 0.05) is 0 Å². The van der Waals surface area contributed by atoms with Gasteiger partial charge in [-0.25, -0.2) is 4.79 Å². The van der Waals surface area contributed by atoms with Crippen molar-refractivity contribution in [2.75, 3.05) is 6.54 Å². The van der Waals surface area contributed by atoms with Crippen LogP contribution in [0.3, 0.4) is 0 Å². The van der Waals surface area contributed by atoms with E-state index in [-0.39, 0.29) is 12.5 Å². The molecule has 1 aliphatic heterocycles. The van der Waals surface area contributed by atoms with Gasteiger partial charge < -0.3 is 10.4 Å². The fourth-order valence-corrected chi connectivity index (χ4v) is 2.85. The summed E-state index contributed by atoms with van der Waals surface area (Å²) in [5.41, 5.74) is 1.81. The average molecular weight is 324 g/mol. The molecule has 2 aromatic carbocycles. The van der Waals surface area contributed by atoms with Crippen molar-refractivity contribution in [2.24, 2.45) is 0 Å².